The van der Waals surface area contributed by atoms with Gasteiger partial charge in [-0.15, -0.1) is 0 Å². The molecule has 0 unspecified atom stereocenters. The van der Waals surface area contributed by atoms with Crippen LogP contribution in [0, 0.1) is 12.8 Å². The quantitative estimate of drug-likeness (QED) is 0.745. The summed E-state index contributed by atoms with van der Waals surface area (Å²) in [5.41, 5.74) is 0.238. The molecule has 2 aliphatic carbocycles. The fourth-order valence-electron chi connectivity index (χ4n) is 2.62. The van der Waals surface area contributed by atoms with E-state index in [9.17, 15) is 14.7 Å². The Morgan fingerprint density at radius 3 is 2.70 bits per heavy atom. The zero-order valence-corrected chi connectivity index (χ0v) is 11.5. The van der Waals surface area contributed by atoms with Crippen molar-refractivity contribution in [3.05, 3.63) is 27.4 Å². The van der Waals surface area contributed by atoms with Crippen molar-refractivity contribution >= 4 is 5.91 Å². The van der Waals surface area contributed by atoms with Gasteiger partial charge in [0.2, 0.25) is 0 Å². The van der Waals surface area contributed by atoms with Crippen LogP contribution in [0.2, 0.25) is 0 Å². The lowest BCUT2D eigenvalue weighted by Crippen LogP contribution is -2.40. The van der Waals surface area contributed by atoms with Gasteiger partial charge in [0.05, 0.1) is 11.8 Å². The van der Waals surface area contributed by atoms with E-state index in [2.05, 4.69) is 15.3 Å². The number of hydrogen-bond acceptors (Lipinski definition) is 4. The number of rotatable bonds is 4. The molecule has 3 N–H and O–H groups in total. The minimum absolute atomic E-state index is 0.106. The molecule has 1 amide bonds. The third-order valence-corrected chi connectivity index (χ3v) is 4.07. The van der Waals surface area contributed by atoms with Crippen molar-refractivity contribution in [3.8, 4) is 0 Å². The Morgan fingerprint density at radius 2 is 2.15 bits per heavy atom. The third-order valence-electron chi connectivity index (χ3n) is 4.07. The van der Waals surface area contributed by atoms with E-state index in [0.717, 1.165) is 12.8 Å². The summed E-state index contributed by atoms with van der Waals surface area (Å²) in [4.78, 5) is 31.1. The van der Waals surface area contributed by atoms with Crippen molar-refractivity contribution in [1.82, 2.24) is 15.3 Å². The van der Waals surface area contributed by atoms with Gasteiger partial charge in [0.25, 0.3) is 11.5 Å². The highest BCUT2D eigenvalue weighted by molar-refractivity contribution is 5.94. The molecule has 1 heterocycles. The molecule has 2 aliphatic rings. The second-order valence-electron chi connectivity index (χ2n) is 5.89. The Labute approximate surface area is 116 Å². The molecule has 108 valence electrons. The summed E-state index contributed by atoms with van der Waals surface area (Å²) in [6.45, 7) is 2.20. The minimum Gasteiger partial charge on any atom is -0.393 e. The molecular weight excluding hydrogens is 258 g/mol. The van der Waals surface area contributed by atoms with Crippen molar-refractivity contribution in [2.75, 3.05) is 6.54 Å². The van der Waals surface area contributed by atoms with Crippen LogP contribution >= 0.6 is 0 Å². The smallest absolute Gasteiger partial charge is 0.264 e. The zero-order chi connectivity index (χ0) is 14.3. The molecule has 0 radical (unpaired) electrons. The standard InChI is InChI=1S/C14H19N3O3/c1-7-11(13(19)15-6-8-4-10(18)5-8)14(20)17-12(16-7)9-2-3-9/h8-10,18H,2-6H2,1H3,(H,15,19)(H,16,17,20). The molecule has 1 aromatic rings. The van der Waals surface area contributed by atoms with Crippen LogP contribution in [0.25, 0.3) is 0 Å². The van der Waals surface area contributed by atoms with E-state index < -0.39 is 0 Å². The first-order valence-electron chi connectivity index (χ1n) is 7.11. The van der Waals surface area contributed by atoms with Gasteiger partial charge in [-0.3, -0.25) is 9.59 Å². The monoisotopic (exact) mass is 277 g/mol. The first-order chi connectivity index (χ1) is 9.54. The van der Waals surface area contributed by atoms with Crippen LogP contribution in [0.5, 0.6) is 0 Å². The SMILES string of the molecule is Cc1nc(C2CC2)[nH]c(=O)c1C(=O)NCC1CC(O)C1. The van der Waals surface area contributed by atoms with Gasteiger partial charge in [0, 0.05) is 12.5 Å². The van der Waals surface area contributed by atoms with Gasteiger partial charge >= 0.3 is 0 Å². The summed E-state index contributed by atoms with van der Waals surface area (Å²) in [5.74, 6) is 0.994. The van der Waals surface area contributed by atoms with Crippen LogP contribution < -0.4 is 10.9 Å². The predicted molar refractivity (Wildman–Crippen MR) is 72.6 cm³/mol. The number of amides is 1. The average molecular weight is 277 g/mol. The molecule has 6 nitrogen and oxygen atoms in total. The Hall–Kier alpha value is -1.69. The maximum absolute atomic E-state index is 12.1. The lowest BCUT2D eigenvalue weighted by atomic mass is 9.82. The Bertz CT molecular complexity index is 586. The Morgan fingerprint density at radius 1 is 1.45 bits per heavy atom. The van der Waals surface area contributed by atoms with Crippen LogP contribution in [0.15, 0.2) is 4.79 Å². The van der Waals surface area contributed by atoms with Gasteiger partial charge in [-0.1, -0.05) is 0 Å². The first-order valence-corrected chi connectivity index (χ1v) is 7.11. The summed E-state index contributed by atoms with van der Waals surface area (Å²) in [6.07, 6.45) is 3.31. The van der Waals surface area contributed by atoms with Crippen molar-refractivity contribution in [2.45, 2.75) is 44.6 Å². The summed E-state index contributed by atoms with van der Waals surface area (Å²) in [6, 6.07) is 0. The molecule has 0 aromatic carbocycles. The van der Waals surface area contributed by atoms with Crippen molar-refractivity contribution in [1.29, 1.82) is 0 Å². The predicted octanol–water partition coefficient (Wildman–Crippen LogP) is 0.456. The number of H-pyrrole nitrogens is 1. The summed E-state index contributed by atoms with van der Waals surface area (Å²) < 4.78 is 0. The molecule has 3 rings (SSSR count). The molecule has 0 spiro atoms. The van der Waals surface area contributed by atoms with Crippen LogP contribution in [-0.4, -0.2) is 33.6 Å². The number of aryl methyl sites for hydroxylation is 1. The number of aromatic amines is 1. The van der Waals surface area contributed by atoms with Crippen molar-refractivity contribution in [2.24, 2.45) is 5.92 Å². The second kappa shape index (κ2) is 5.01. The van der Waals surface area contributed by atoms with Crippen molar-refractivity contribution in [3.63, 3.8) is 0 Å². The number of carbonyl (C=O) groups is 1. The fourth-order valence-corrected chi connectivity index (χ4v) is 2.62. The lowest BCUT2D eigenvalue weighted by Gasteiger charge is -2.31. The third kappa shape index (κ3) is 2.60. The van der Waals surface area contributed by atoms with E-state index >= 15 is 0 Å². The van der Waals surface area contributed by atoms with E-state index in [1.165, 1.54) is 0 Å². The molecule has 20 heavy (non-hydrogen) atoms. The highest BCUT2D eigenvalue weighted by Crippen LogP contribution is 2.37. The van der Waals surface area contributed by atoms with E-state index in [4.69, 9.17) is 0 Å². The maximum atomic E-state index is 12.1. The first kappa shape index (κ1) is 13.3. The molecule has 2 fully saturated rings. The van der Waals surface area contributed by atoms with Gasteiger partial charge in [-0.25, -0.2) is 4.98 Å². The normalized spacial score (nSPS) is 25.1. The topological polar surface area (TPSA) is 95.1 Å². The number of hydrogen-bond donors (Lipinski definition) is 3. The van der Waals surface area contributed by atoms with Gasteiger partial charge in [0.1, 0.15) is 11.4 Å². The number of nitrogens with zero attached hydrogens (tertiary/aromatic N) is 1. The van der Waals surface area contributed by atoms with Gasteiger partial charge in [0.15, 0.2) is 0 Å². The average Bonchev–Trinajstić information content (AvgIpc) is 3.16. The lowest BCUT2D eigenvalue weighted by molar-refractivity contribution is 0.0420. The zero-order valence-electron chi connectivity index (χ0n) is 11.5. The molecule has 2 saturated carbocycles. The molecule has 1 aromatic heterocycles. The highest BCUT2D eigenvalue weighted by Gasteiger charge is 2.29. The van der Waals surface area contributed by atoms with E-state index in [0.29, 0.717) is 42.7 Å². The molecule has 0 bridgehead atoms. The summed E-state index contributed by atoms with van der Waals surface area (Å²) in [7, 11) is 0. The molecule has 6 heteroatoms. The minimum atomic E-state index is -0.375. The fraction of sp³-hybridized carbons (Fsp3) is 0.643. The highest BCUT2D eigenvalue weighted by atomic mass is 16.3. The number of aliphatic hydroxyl groups excluding tert-OH is 1. The number of carbonyl (C=O) groups excluding carboxylic acids is 1. The number of aliphatic hydroxyl groups is 1. The van der Waals surface area contributed by atoms with E-state index in [1.807, 2.05) is 0 Å². The summed E-state index contributed by atoms with van der Waals surface area (Å²) >= 11 is 0. The number of nitrogens with one attached hydrogen (secondary N) is 2. The largest absolute Gasteiger partial charge is 0.393 e. The van der Waals surface area contributed by atoms with Crippen molar-refractivity contribution < 1.29 is 9.90 Å². The summed E-state index contributed by atoms with van der Waals surface area (Å²) in [5, 5.41) is 12.0. The molecule has 0 aliphatic heterocycles. The molecule has 0 saturated heterocycles. The van der Waals surface area contributed by atoms with Crippen LogP contribution in [0.1, 0.15) is 53.5 Å². The van der Waals surface area contributed by atoms with Crippen LogP contribution in [-0.2, 0) is 0 Å². The maximum Gasteiger partial charge on any atom is 0.264 e. The van der Waals surface area contributed by atoms with Crippen LogP contribution in [0.3, 0.4) is 0 Å². The van der Waals surface area contributed by atoms with Crippen LogP contribution in [0.4, 0.5) is 0 Å². The molecular formula is C14H19N3O3. The van der Waals surface area contributed by atoms with Gasteiger partial charge in [-0.05, 0) is 38.5 Å². The number of aromatic nitrogens is 2. The van der Waals surface area contributed by atoms with Gasteiger partial charge in [-0.2, -0.15) is 0 Å². The van der Waals surface area contributed by atoms with Gasteiger partial charge < -0.3 is 15.4 Å². The molecule has 0 atom stereocenters. The van der Waals surface area contributed by atoms with E-state index in [-0.39, 0.29) is 23.1 Å². The van der Waals surface area contributed by atoms with E-state index in [1.54, 1.807) is 6.92 Å². The Kier molecular flexibility index (Phi) is 3.33. The Balaban J connectivity index is 1.69. The second-order valence-corrected chi connectivity index (χ2v) is 5.89.